The number of hydrogen-bond donors (Lipinski definition) is 1. The molecule has 0 saturated carbocycles. The van der Waals surface area contributed by atoms with E-state index in [1.165, 1.54) is 4.31 Å². The summed E-state index contributed by atoms with van der Waals surface area (Å²) in [6.45, 7) is 1.68. The number of nitrogens with zero attached hydrogens (tertiary/aromatic N) is 3. The van der Waals surface area contributed by atoms with Crippen molar-refractivity contribution in [3.8, 4) is 0 Å². The number of sulfonamides is 1. The van der Waals surface area contributed by atoms with E-state index in [0.29, 0.717) is 19.5 Å². The summed E-state index contributed by atoms with van der Waals surface area (Å²) in [5.41, 5.74) is 1.04. The molecule has 2 aromatic rings. The van der Waals surface area contributed by atoms with Crippen LogP contribution in [0.1, 0.15) is 17.5 Å². The summed E-state index contributed by atoms with van der Waals surface area (Å²) >= 11 is 0. The van der Waals surface area contributed by atoms with Gasteiger partial charge in [0.25, 0.3) is 0 Å². The lowest BCUT2D eigenvalue weighted by Crippen LogP contribution is -2.58. The first-order chi connectivity index (χ1) is 14.5. The highest BCUT2D eigenvalue weighted by Crippen LogP contribution is 2.46. The molecule has 4 heterocycles. The van der Waals surface area contributed by atoms with Crippen LogP contribution in [0.25, 0.3) is 0 Å². The number of ether oxygens (including phenoxy) is 1. The van der Waals surface area contributed by atoms with Gasteiger partial charge in [0.15, 0.2) is 0 Å². The van der Waals surface area contributed by atoms with Gasteiger partial charge in [0.1, 0.15) is 10.9 Å². The molecule has 3 fully saturated rings. The number of morpholine rings is 1. The SMILES string of the molecule is O=C(NCc1ccccc1)N1C[C@H]2C[C@H]3[C@](C1)(CN(Cc1ccncc1)S3(=O)=O)O2. The van der Waals surface area contributed by atoms with Crippen molar-refractivity contribution in [2.45, 2.75) is 36.5 Å². The summed E-state index contributed by atoms with van der Waals surface area (Å²) in [6.07, 6.45) is 3.49. The average Bonchev–Trinajstić information content (AvgIpc) is 3.12. The molecule has 0 unspecified atom stereocenters. The number of carbonyl (C=O) groups excluding carboxylic acids is 1. The predicted molar refractivity (Wildman–Crippen MR) is 110 cm³/mol. The molecule has 3 atom stereocenters. The van der Waals surface area contributed by atoms with Gasteiger partial charge in [0.05, 0.1) is 12.6 Å². The van der Waals surface area contributed by atoms with E-state index in [4.69, 9.17) is 4.74 Å². The van der Waals surface area contributed by atoms with E-state index in [9.17, 15) is 13.2 Å². The van der Waals surface area contributed by atoms with Crippen LogP contribution in [0.3, 0.4) is 0 Å². The molecule has 30 heavy (non-hydrogen) atoms. The van der Waals surface area contributed by atoms with E-state index < -0.39 is 20.9 Å². The first kappa shape index (κ1) is 19.5. The van der Waals surface area contributed by atoms with Crippen molar-refractivity contribution in [2.24, 2.45) is 0 Å². The van der Waals surface area contributed by atoms with Crippen LogP contribution in [0.15, 0.2) is 54.9 Å². The van der Waals surface area contributed by atoms with E-state index in [-0.39, 0.29) is 31.8 Å². The molecule has 1 N–H and O–H groups in total. The Morgan fingerprint density at radius 1 is 1.13 bits per heavy atom. The summed E-state index contributed by atoms with van der Waals surface area (Å²) in [7, 11) is -3.50. The molecule has 158 valence electrons. The minimum absolute atomic E-state index is 0.183. The second kappa shape index (κ2) is 7.33. The number of rotatable bonds is 4. The Hall–Kier alpha value is -2.49. The standard InChI is InChI=1S/C21H24N4O4S/c26-20(23-11-16-4-2-1-3-5-16)24-13-18-10-19-21(14-24,29-18)15-25(30(19,27)28)12-17-6-8-22-9-7-17/h1-9,18-19H,10-15H2,(H,23,26)/t18-,19+,21+/m1/s1. The maximum absolute atomic E-state index is 13.2. The maximum Gasteiger partial charge on any atom is 0.317 e. The number of hydrogen-bond acceptors (Lipinski definition) is 5. The molecule has 2 amide bonds. The van der Waals surface area contributed by atoms with Crippen molar-refractivity contribution >= 4 is 16.1 Å². The fourth-order valence-electron chi connectivity index (χ4n) is 4.82. The van der Waals surface area contributed by atoms with E-state index >= 15 is 0 Å². The number of benzene rings is 1. The van der Waals surface area contributed by atoms with Gasteiger partial charge in [0, 0.05) is 38.6 Å². The summed E-state index contributed by atoms with van der Waals surface area (Å²) in [6, 6.07) is 13.2. The summed E-state index contributed by atoms with van der Waals surface area (Å²) in [4.78, 5) is 18.5. The highest BCUT2D eigenvalue weighted by molar-refractivity contribution is 7.90. The number of amides is 2. The third-order valence-corrected chi connectivity index (χ3v) is 8.51. The van der Waals surface area contributed by atoms with Gasteiger partial charge in [-0.25, -0.2) is 13.2 Å². The number of likely N-dealkylation sites (tertiary alicyclic amines) is 1. The quantitative estimate of drug-likeness (QED) is 0.794. The molecule has 9 heteroatoms. The number of carbonyl (C=O) groups is 1. The molecular formula is C21H24N4O4S. The zero-order valence-corrected chi connectivity index (χ0v) is 17.3. The van der Waals surface area contributed by atoms with Crippen molar-refractivity contribution in [1.82, 2.24) is 19.5 Å². The summed E-state index contributed by atoms with van der Waals surface area (Å²) in [5, 5.41) is 2.34. The molecule has 1 aromatic carbocycles. The van der Waals surface area contributed by atoms with E-state index in [2.05, 4.69) is 10.3 Å². The molecule has 3 aliphatic rings. The summed E-state index contributed by atoms with van der Waals surface area (Å²) < 4.78 is 34.1. The van der Waals surface area contributed by atoms with Gasteiger partial charge >= 0.3 is 6.03 Å². The fourth-order valence-corrected chi connectivity index (χ4v) is 7.11. The summed E-state index contributed by atoms with van der Waals surface area (Å²) in [5.74, 6) is 0. The minimum atomic E-state index is -3.50. The van der Waals surface area contributed by atoms with Crippen molar-refractivity contribution in [1.29, 1.82) is 0 Å². The average molecular weight is 429 g/mol. The maximum atomic E-state index is 13.2. The van der Waals surface area contributed by atoms with Crippen molar-refractivity contribution in [2.75, 3.05) is 19.6 Å². The van der Waals surface area contributed by atoms with Crippen LogP contribution in [0.5, 0.6) is 0 Å². The van der Waals surface area contributed by atoms with Gasteiger partial charge in [-0.1, -0.05) is 30.3 Å². The number of aromatic nitrogens is 1. The Morgan fingerprint density at radius 2 is 1.90 bits per heavy atom. The minimum Gasteiger partial charge on any atom is -0.365 e. The molecule has 0 radical (unpaired) electrons. The third kappa shape index (κ3) is 3.36. The lowest BCUT2D eigenvalue weighted by atomic mass is 9.99. The van der Waals surface area contributed by atoms with Gasteiger partial charge in [0.2, 0.25) is 10.0 Å². The first-order valence-corrected chi connectivity index (χ1v) is 11.6. The smallest absolute Gasteiger partial charge is 0.317 e. The number of pyridine rings is 1. The highest BCUT2D eigenvalue weighted by Gasteiger charge is 2.65. The lowest BCUT2D eigenvalue weighted by Gasteiger charge is -2.39. The normalized spacial score (nSPS) is 29.5. The van der Waals surface area contributed by atoms with Gasteiger partial charge in [-0.2, -0.15) is 4.31 Å². The van der Waals surface area contributed by atoms with Crippen LogP contribution < -0.4 is 5.32 Å². The van der Waals surface area contributed by atoms with Crippen LogP contribution in [-0.4, -0.2) is 65.2 Å². The molecule has 0 aliphatic carbocycles. The van der Waals surface area contributed by atoms with Crippen LogP contribution in [-0.2, 0) is 27.8 Å². The lowest BCUT2D eigenvalue weighted by molar-refractivity contribution is -0.0958. The van der Waals surface area contributed by atoms with Crippen LogP contribution in [0.2, 0.25) is 0 Å². The Balaban J connectivity index is 1.31. The Morgan fingerprint density at radius 3 is 2.67 bits per heavy atom. The van der Waals surface area contributed by atoms with E-state index in [1.807, 2.05) is 42.5 Å². The molecule has 8 nitrogen and oxygen atoms in total. The number of fused-ring (bicyclic) bond motifs is 1. The molecule has 5 rings (SSSR count). The molecule has 1 spiro atoms. The monoisotopic (exact) mass is 428 g/mol. The van der Waals surface area contributed by atoms with Crippen molar-refractivity contribution in [3.63, 3.8) is 0 Å². The highest BCUT2D eigenvalue weighted by atomic mass is 32.2. The number of nitrogens with one attached hydrogen (secondary N) is 1. The fraction of sp³-hybridized carbons (Fsp3) is 0.429. The Labute approximate surface area is 175 Å². The van der Waals surface area contributed by atoms with Crippen LogP contribution >= 0.6 is 0 Å². The second-order valence-corrected chi connectivity index (χ2v) is 10.3. The van der Waals surface area contributed by atoms with Crippen LogP contribution in [0.4, 0.5) is 4.79 Å². The Kier molecular flexibility index (Phi) is 4.76. The van der Waals surface area contributed by atoms with Gasteiger partial charge in [-0.05, 0) is 29.7 Å². The largest absolute Gasteiger partial charge is 0.365 e. The third-order valence-electron chi connectivity index (χ3n) is 6.19. The van der Waals surface area contributed by atoms with Gasteiger partial charge < -0.3 is 15.0 Å². The Bertz CT molecular complexity index is 1030. The van der Waals surface area contributed by atoms with Gasteiger partial charge in [-0.3, -0.25) is 4.98 Å². The van der Waals surface area contributed by atoms with Crippen LogP contribution in [0, 0.1) is 0 Å². The molecule has 2 bridgehead atoms. The second-order valence-electron chi connectivity index (χ2n) is 8.22. The predicted octanol–water partition coefficient (Wildman–Crippen LogP) is 1.35. The number of urea groups is 1. The molecule has 3 aliphatic heterocycles. The topological polar surface area (TPSA) is 91.8 Å². The first-order valence-electron chi connectivity index (χ1n) is 10.1. The van der Waals surface area contributed by atoms with E-state index in [0.717, 1.165) is 11.1 Å². The molecule has 1 aromatic heterocycles. The zero-order chi connectivity index (χ0) is 20.8. The van der Waals surface area contributed by atoms with Crippen molar-refractivity contribution < 1.29 is 17.9 Å². The molecule has 3 saturated heterocycles. The van der Waals surface area contributed by atoms with Gasteiger partial charge in [-0.15, -0.1) is 0 Å². The zero-order valence-electron chi connectivity index (χ0n) is 16.5. The molecular weight excluding hydrogens is 404 g/mol. The van der Waals surface area contributed by atoms with Crippen molar-refractivity contribution in [3.05, 3.63) is 66.0 Å². The van der Waals surface area contributed by atoms with E-state index in [1.54, 1.807) is 17.3 Å².